The first kappa shape index (κ1) is 13.0. The van der Waals surface area contributed by atoms with Crippen molar-refractivity contribution in [2.45, 2.75) is 0 Å². The molecular weight excluding hydrogens is 296 g/mol. The number of thiophene rings is 1. The van der Waals surface area contributed by atoms with Crippen LogP contribution in [0.3, 0.4) is 0 Å². The molecule has 0 spiro atoms. The van der Waals surface area contributed by atoms with Crippen molar-refractivity contribution in [3.63, 3.8) is 0 Å². The van der Waals surface area contributed by atoms with E-state index in [0.29, 0.717) is 0 Å². The SMILES string of the molecule is Oc1ccc(-c2sc3ccc(O)cc3c2-c2ccco2)cc1. The van der Waals surface area contributed by atoms with Gasteiger partial charge in [0.25, 0.3) is 0 Å². The monoisotopic (exact) mass is 308 g/mol. The van der Waals surface area contributed by atoms with Crippen molar-refractivity contribution in [2.75, 3.05) is 0 Å². The van der Waals surface area contributed by atoms with Crippen LogP contribution in [-0.2, 0) is 0 Å². The van der Waals surface area contributed by atoms with Crippen molar-refractivity contribution in [3.8, 4) is 33.3 Å². The van der Waals surface area contributed by atoms with E-state index >= 15 is 0 Å². The molecule has 0 saturated carbocycles. The molecule has 2 aromatic carbocycles. The lowest BCUT2D eigenvalue weighted by atomic mass is 10.0. The van der Waals surface area contributed by atoms with Gasteiger partial charge < -0.3 is 14.6 Å². The van der Waals surface area contributed by atoms with Crippen LogP contribution in [0.5, 0.6) is 11.5 Å². The summed E-state index contributed by atoms with van der Waals surface area (Å²) in [4.78, 5) is 1.05. The Hall–Kier alpha value is -2.72. The summed E-state index contributed by atoms with van der Waals surface area (Å²) in [6, 6.07) is 16.2. The first-order valence-corrected chi connectivity index (χ1v) is 7.63. The summed E-state index contributed by atoms with van der Waals surface area (Å²) in [6.07, 6.45) is 1.64. The number of hydrogen-bond donors (Lipinski definition) is 2. The average molecular weight is 308 g/mol. The van der Waals surface area contributed by atoms with Gasteiger partial charge in [0, 0.05) is 20.5 Å². The highest BCUT2D eigenvalue weighted by Gasteiger charge is 2.18. The number of fused-ring (bicyclic) bond motifs is 1. The van der Waals surface area contributed by atoms with Crippen molar-refractivity contribution >= 4 is 21.4 Å². The summed E-state index contributed by atoms with van der Waals surface area (Å²) in [5.74, 6) is 1.23. The molecule has 22 heavy (non-hydrogen) atoms. The van der Waals surface area contributed by atoms with Crippen LogP contribution < -0.4 is 0 Å². The van der Waals surface area contributed by atoms with Gasteiger partial charge in [-0.15, -0.1) is 11.3 Å². The summed E-state index contributed by atoms with van der Waals surface area (Å²) < 4.78 is 6.66. The minimum absolute atomic E-state index is 0.232. The maximum atomic E-state index is 9.81. The second-order valence-electron chi connectivity index (χ2n) is 5.01. The molecule has 2 aromatic heterocycles. The van der Waals surface area contributed by atoms with E-state index in [1.807, 2.05) is 30.3 Å². The largest absolute Gasteiger partial charge is 0.508 e. The molecule has 4 rings (SSSR count). The van der Waals surface area contributed by atoms with Gasteiger partial charge in [0.05, 0.1) is 6.26 Å². The third-order valence-corrected chi connectivity index (χ3v) is 4.79. The quantitative estimate of drug-likeness (QED) is 0.532. The fourth-order valence-corrected chi connectivity index (χ4v) is 3.76. The standard InChI is InChI=1S/C18H12O3S/c19-12-5-3-11(4-6-12)18-17(15-2-1-9-21-15)14-10-13(20)7-8-16(14)22-18/h1-10,19-20H. The van der Waals surface area contributed by atoms with Crippen molar-refractivity contribution in [2.24, 2.45) is 0 Å². The smallest absolute Gasteiger partial charge is 0.135 e. The Morgan fingerprint density at radius 1 is 0.864 bits per heavy atom. The van der Waals surface area contributed by atoms with Gasteiger partial charge in [-0.25, -0.2) is 0 Å². The highest BCUT2D eigenvalue weighted by atomic mass is 32.1. The van der Waals surface area contributed by atoms with Crippen molar-refractivity contribution in [1.29, 1.82) is 0 Å². The topological polar surface area (TPSA) is 53.6 Å². The molecule has 4 aromatic rings. The van der Waals surface area contributed by atoms with E-state index in [0.717, 1.165) is 31.9 Å². The zero-order valence-electron chi connectivity index (χ0n) is 11.5. The van der Waals surface area contributed by atoms with Crippen LogP contribution in [0.15, 0.2) is 65.3 Å². The Kier molecular flexibility index (Phi) is 2.91. The molecule has 3 nitrogen and oxygen atoms in total. The summed E-state index contributed by atoms with van der Waals surface area (Å²) in [5, 5.41) is 20.3. The van der Waals surface area contributed by atoms with Gasteiger partial charge in [0.1, 0.15) is 17.3 Å². The lowest BCUT2D eigenvalue weighted by molar-refractivity contribution is 0.475. The van der Waals surface area contributed by atoms with E-state index in [1.165, 1.54) is 0 Å². The van der Waals surface area contributed by atoms with Gasteiger partial charge in [-0.2, -0.15) is 0 Å². The molecule has 0 aliphatic rings. The molecule has 0 aliphatic carbocycles. The fraction of sp³-hybridized carbons (Fsp3) is 0. The van der Waals surface area contributed by atoms with E-state index in [1.54, 1.807) is 41.9 Å². The van der Waals surface area contributed by atoms with Gasteiger partial charge in [0.15, 0.2) is 0 Å². The van der Waals surface area contributed by atoms with E-state index in [4.69, 9.17) is 4.42 Å². The van der Waals surface area contributed by atoms with E-state index in [-0.39, 0.29) is 11.5 Å². The minimum Gasteiger partial charge on any atom is -0.508 e. The Labute approximate surface area is 130 Å². The Balaban J connectivity index is 2.05. The average Bonchev–Trinajstić information content (AvgIpc) is 3.14. The van der Waals surface area contributed by atoms with E-state index in [9.17, 15) is 10.2 Å². The Morgan fingerprint density at radius 3 is 2.36 bits per heavy atom. The number of phenols is 2. The molecule has 0 atom stereocenters. The van der Waals surface area contributed by atoms with Crippen LogP contribution >= 0.6 is 11.3 Å². The van der Waals surface area contributed by atoms with Crippen molar-refractivity contribution < 1.29 is 14.6 Å². The fourth-order valence-electron chi connectivity index (χ4n) is 2.57. The minimum atomic E-state index is 0.232. The number of benzene rings is 2. The lowest BCUT2D eigenvalue weighted by Gasteiger charge is -2.03. The third-order valence-electron chi connectivity index (χ3n) is 3.57. The maximum Gasteiger partial charge on any atom is 0.135 e. The van der Waals surface area contributed by atoms with Crippen LogP contribution in [0.1, 0.15) is 0 Å². The third kappa shape index (κ3) is 2.05. The summed E-state index contributed by atoms with van der Waals surface area (Å²) in [6.45, 7) is 0. The predicted molar refractivity (Wildman–Crippen MR) is 88.3 cm³/mol. The Morgan fingerprint density at radius 2 is 1.64 bits per heavy atom. The molecule has 0 radical (unpaired) electrons. The molecule has 108 valence electrons. The molecule has 2 N–H and O–H groups in total. The normalized spacial score (nSPS) is 11.1. The molecule has 2 heterocycles. The zero-order valence-corrected chi connectivity index (χ0v) is 12.3. The van der Waals surface area contributed by atoms with Crippen LogP contribution in [0.4, 0.5) is 0 Å². The molecule has 0 aliphatic heterocycles. The molecule has 0 unspecified atom stereocenters. The number of phenolic OH excluding ortho intramolecular Hbond substituents is 2. The highest BCUT2D eigenvalue weighted by Crippen LogP contribution is 2.45. The van der Waals surface area contributed by atoms with Crippen LogP contribution in [0, 0.1) is 0 Å². The van der Waals surface area contributed by atoms with E-state index in [2.05, 4.69) is 0 Å². The maximum absolute atomic E-state index is 9.81. The second-order valence-corrected chi connectivity index (χ2v) is 6.06. The highest BCUT2D eigenvalue weighted by molar-refractivity contribution is 7.23. The molecular formula is C18H12O3S. The number of furan rings is 1. The van der Waals surface area contributed by atoms with Gasteiger partial charge in [-0.1, -0.05) is 0 Å². The van der Waals surface area contributed by atoms with Gasteiger partial charge in [-0.3, -0.25) is 0 Å². The molecule has 0 bridgehead atoms. The number of aromatic hydroxyl groups is 2. The molecule has 4 heteroatoms. The summed E-state index contributed by atoms with van der Waals surface area (Å²) in [7, 11) is 0. The Bertz CT molecular complexity index is 935. The molecule has 0 amide bonds. The van der Waals surface area contributed by atoms with Gasteiger partial charge in [-0.05, 0) is 60.2 Å². The predicted octanol–water partition coefficient (Wildman–Crippen LogP) is 5.24. The number of rotatable bonds is 2. The lowest BCUT2D eigenvalue weighted by Crippen LogP contribution is -1.78. The first-order valence-electron chi connectivity index (χ1n) is 6.81. The molecule has 0 saturated heterocycles. The van der Waals surface area contributed by atoms with Crippen LogP contribution in [0.2, 0.25) is 0 Å². The molecule has 0 fully saturated rings. The first-order chi connectivity index (χ1) is 10.7. The number of hydrogen-bond acceptors (Lipinski definition) is 4. The van der Waals surface area contributed by atoms with Gasteiger partial charge in [0.2, 0.25) is 0 Å². The summed E-state index contributed by atoms with van der Waals surface area (Å²) in [5.41, 5.74) is 1.97. The van der Waals surface area contributed by atoms with Crippen molar-refractivity contribution in [1.82, 2.24) is 0 Å². The van der Waals surface area contributed by atoms with Crippen molar-refractivity contribution in [3.05, 3.63) is 60.9 Å². The summed E-state index contributed by atoms with van der Waals surface area (Å²) >= 11 is 1.64. The van der Waals surface area contributed by atoms with E-state index < -0.39 is 0 Å². The second kappa shape index (κ2) is 4.93. The van der Waals surface area contributed by atoms with Crippen LogP contribution in [-0.4, -0.2) is 10.2 Å². The zero-order chi connectivity index (χ0) is 15.1. The van der Waals surface area contributed by atoms with Crippen LogP contribution in [0.25, 0.3) is 31.9 Å². The van der Waals surface area contributed by atoms with Gasteiger partial charge >= 0.3 is 0 Å².